The fourth-order valence-electron chi connectivity index (χ4n) is 4.67. The predicted octanol–water partition coefficient (Wildman–Crippen LogP) is 2.66. The van der Waals surface area contributed by atoms with Crippen LogP contribution in [-0.4, -0.2) is 48.7 Å². The smallest absolute Gasteiger partial charge is 0.220 e. The van der Waals surface area contributed by atoms with E-state index in [2.05, 4.69) is 14.8 Å². The number of nitrogens with two attached hydrogens (primary N) is 2. The Balaban J connectivity index is 1.40. The Morgan fingerprint density at radius 3 is 2.39 bits per heavy atom. The quantitative estimate of drug-likeness (QED) is 0.736. The van der Waals surface area contributed by atoms with E-state index in [-0.39, 0.29) is 5.96 Å². The molecule has 1 spiro atoms. The maximum absolute atomic E-state index is 6.28. The Morgan fingerprint density at radius 2 is 1.68 bits per heavy atom. The van der Waals surface area contributed by atoms with E-state index < -0.39 is 5.66 Å². The lowest BCUT2D eigenvalue weighted by molar-refractivity contribution is 0.263. The summed E-state index contributed by atoms with van der Waals surface area (Å²) >= 11 is 0. The first-order chi connectivity index (χ1) is 13.7. The van der Waals surface area contributed by atoms with Crippen molar-refractivity contribution in [3.8, 4) is 5.75 Å². The Kier molecular flexibility index (Phi) is 5.71. The molecule has 3 aliphatic rings. The monoisotopic (exact) mass is 384 g/mol. The summed E-state index contributed by atoms with van der Waals surface area (Å²) in [6.07, 6.45) is 9.09. The van der Waals surface area contributed by atoms with Crippen LogP contribution in [-0.2, 0) is 0 Å². The second-order valence-electron chi connectivity index (χ2n) is 8.06. The van der Waals surface area contributed by atoms with Gasteiger partial charge in [-0.05, 0) is 82.3 Å². The van der Waals surface area contributed by atoms with Gasteiger partial charge in [-0.1, -0.05) is 6.42 Å². The maximum Gasteiger partial charge on any atom is 0.220 e. The van der Waals surface area contributed by atoms with Crippen molar-refractivity contribution < 1.29 is 4.74 Å². The van der Waals surface area contributed by atoms with Gasteiger partial charge in [0.05, 0.1) is 6.61 Å². The summed E-state index contributed by atoms with van der Waals surface area (Å²) < 4.78 is 5.93. The summed E-state index contributed by atoms with van der Waals surface area (Å²) in [5, 5.41) is 0. The van der Waals surface area contributed by atoms with Gasteiger partial charge in [0.1, 0.15) is 11.4 Å². The van der Waals surface area contributed by atoms with Crippen LogP contribution in [0.3, 0.4) is 0 Å². The number of guanidine groups is 2. The Labute approximate surface area is 167 Å². The van der Waals surface area contributed by atoms with Gasteiger partial charge in [0.15, 0.2) is 0 Å². The molecule has 2 fully saturated rings. The summed E-state index contributed by atoms with van der Waals surface area (Å²) in [7, 11) is 0. The van der Waals surface area contributed by atoms with Crippen molar-refractivity contribution >= 4 is 17.6 Å². The number of anilines is 1. The molecular formula is C21H32N6O. The van der Waals surface area contributed by atoms with Crippen molar-refractivity contribution in [2.45, 2.75) is 57.0 Å². The molecule has 2 heterocycles. The molecule has 4 N–H and O–H groups in total. The van der Waals surface area contributed by atoms with Crippen molar-refractivity contribution in [3.63, 3.8) is 0 Å². The number of benzene rings is 1. The minimum Gasteiger partial charge on any atom is -0.494 e. The first kappa shape index (κ1) is 19.1. The Bertz CT molecular complexity index is 717. The molecule has 1 aliphatic carbocycles. The van der Waals surface area contributed by atoms with Crippen molar-refractivity contribution in [1.29, 1.82) is 0 Å². The van der Waals surface area contributed by atoms with Gasteiger partial charge in [-0.15, -0.1) is 0 Å². The Hall–Kier alpha value is -2.28. The van der Waals surface area contributed by atoms with Gasteiger partial charge in [0.25, 0.3) is 0 Å². The van der Waals surface area contributed by atoms with E-state index in [0.717, 1.165) is 56.7 Å². The van der Waals surface area contributed by atoms with Gasteiger partial charge in [0, 0.05) is 12.2 Å². The number of rotatable bonds is 6. The average molecular weight is 385 g/mol. The minimum atomic E-state index is -0.397. The zero-order valence-corrected chi connectivity index (χ0v) is 16.6. The molecule has 0 amide bonds. The molecule has 4 rings (SSSR count). The second kappa shape index (κ2) is 8.39. The fourth-order valence-corrected chi connectivity index (χ4v) is 4.67. The van der Waals surface area contributed by atoms with Crippen LogP contribution in [0.1, 0.15) is 51.4 Å². The maximum atomic E-state index is 6.28. The molecule has 0 unspecified atom stereocenters. The van der Waals surface area contributed by atoms with Gasteiger partial charge >= 0.3 is 0 Å². The molecule has 28 heavy (non-hydrogen) atoms. The van der Waals surface area contributed by atoms with Crippen molar-refractivity contribution in [2.24, 2.45) is 21.5 Å². The summed E-state index contributed by atoms with van der Waals surface area (Å²) in [4.78, 5) is 13.5. The number of likely N-dealkylation sites (tertiary alicyclic amines) is 1. The van der Waals surface area contributed by atoms with Gasteiger partial charge < -0.3 is 21.1 Å². The number of hydrogen-bond donors (Lipinski definition) is 2. The zero-order chi connectivity index (χ0) is 19.4. The molecule has 0 atom stereocenters. The fraction of sp³-hybridized carbons (Fsp3) is 0.619. The molecule has 1 saturated heterocycles. The number of hydrogen-bond acceptors (Lipinski definition) is 7. The highest BCUT2D eigenvalue weighted by atomic mass is 16.5. The molecule has 1 aromatic rings. The second-order valence-corrected chi connectivity index (χ2v) is 8.06. The first-order valence-corrected chi connectivity index (χ1v) is 10.6. The predicted molar refractivity (Wildman–Crippen MR) is 114 cm³/mol. The average Bonchev–Trinajstić information content (AvgIpc) is 3.20. The molecular weight excluding hydrogens is 352 g/mol. The third-order valence-electron chi connectivity index (χ3n) is 6.03. The van der Waals surface area contributed by atoms with Gasteiger partial charge in [0.2, 0.25) is 11.9 Å². The molecule has 1 saturated carbocycles. The third-order valence-corrected chi connectivity index (χ3v) is 6.03. The third kappa shape index (κ3) is 4.09. The topological polar surface area (TPSA) is 92.5 Å². The van der Waals surface area contributed by atoms with Crippen molar-refractivity contribution in [1.82, 2.24) is 4.90 Å². The van der Waals surface area contributed by atoms with E-state index in [4.69, 9.17) is 21.2 Å². The van der Waals surface area contributed by atoms with E-state index in [1.807, 2.05) is 24.3 Å². The van der Waals surface area contributed by atoms with Gasteiger partial charge in [-0.2, -0.15) is 4.99 Å². The molecule has 0 bridgehead atoms. The van der Waals surface area contributed by atoms with Crippen LogP contribution >= 0.6 is 0 Å². The SMILES string of the molecule is NC1=NC2(CCCCC2)N(c2ccc(OCCCN3CCCC3)cc2)C(N)=N1. The van der Waals surface area contributed by atoms with E-state index >= 15 is 0 Å². The van der Waals surface area contributed by atoms with Gasteiger partial charge in [-0.3, -0.25) is 4.90 Å². The van der Waals surface area contributed by atoms with Crippen LogP contribution in [0, 0.1) is 0 Å². The van der Waals surface area contributed by atoms with E-state index in [1.165, 1.54) is 32.4 Å². The van der Waals surface area contributed by atoms with Crippen molar-refractivity contribution in [3.05, 3.63) is 24.3 Å². The van der Waals surface area contributed by atoms with Crippen LogP contribution in [0.25, 0.3) is 0 Å². The molecule has 0 radical (unpaired) electrons. The van der Waals surface area contributed by atoms with Gasteiger partial charge in [-0.25, -0.2) is 4.99 Å². The lowest BCUT2D eigenvalue weighted by Gasteiger charge is -2.45. The molecule has 152 valence electrons. The summed E-state index contributed by atoms with van der Waals surface area (Å²) in [6.45, 7) is 4.35. The summed E-state index contributed by atoms with van der Waals surface area (Å²) in [5.74, 6) is 1.60. The molecule has 7 nitrogen and oxygen atoms in total. The van der Waals surface area contributed by atoms with Crippen LogP contribution in [0.4, 0.5) is 5.69 Å². The minimum absolute atomic E-state index is 0.286. The molecule has 2 aliphatic heterocycles. The summed E-state index contributed by atoms with van der Waals surface area (Å²) in [6, 6.07) is 8.12. The highest BCUT2D eigenvalue weighted by Crippen LogP contribution is 2.39. The van der Waals surface area contributed by atoms with Crippen LogP contribution < -0.4 is 21.1 Å². The largest absolute Gasteiger partial charge is 0.494 e. The standard InChI is InChI=1S/C21H32N6O/c22-19-24-20(23)27(21(25-19)11-2-1-3-12-21)17-7-9-18(10-8-17)28-16-6-15-26-13-4-5-14-26/h7-10H,1-6,11-16H2,(H4,22,23,24,25). The molecule has 7 heteroatoms. The van der Waals surface area contributed by atoms with E-state index in [0.29, 0.717) is 5.96 Å². The highest BCUT2D eigenvalue weighted by Gasteiger charge is 2.42. The summed E-state index contributed by atoms with van der Waals surface area (Å²) in [5.41, 5.74) is 12.8. The molecule has 0 aromatic heterocycles. The normalized spacial score (nSPS) is 22.2. The highest BCUT2D eigenvalue weighted by molar-refractivity contribution is 6.05. The first-order valence-electron chi connectivity index (χ1n) is 10.6. The van der Waals surface area contributed by atoms with E-state index in [1.54, 1.807) is 0 Å². The number of ether oxygens (including phenoxy) is 1. The lowest BCUT2D eigenvalue weighted by atomic mass is 9.87. The van der Waals surface area contributed by atoms with Crippen molar-refractivity contribution in [2.75, 3.05) is 31.1 Å². The van der Waals surface area contributed by atoms with Crippen LogP contribution in [0.2, 0.25) is 0 Å². The number of aliphatic imine (C=N–C) groups is 2. The molecule has 1 aromatic carbocycles. The van der Waals surface area contributed by atoms with Crippen LogP contribution in [0.5, 0.6) is 5.75 Å². The zero-order valence-electron chi connectivity index (χ0n) is 16.6. The Morgan fingerprint density at radius 1 is 0.964 bits per heavy atom. The lowest BCUT2D eigenvalue weighted by Crippen LogP contribution is -2.58. The van der Waals surface area contributed by atoms with Crippen LogP contribution in [0.15, 0.2) is 34.3 Å². The van der Waals surface area contributed by atoms with E-state index in [9.17, 15) is 0 Å². The number of nitrogens with zero attached hydrogens (tertiary/aromatic N) is 4.